The predicted molar refractivity (Wildman–Crippen MR) is 92.5 cm³/mol. The van der Waals surface area contributed by atoms with Crippen molar-refractivity contribution in [3.63, 3.8) is 0 Å². The summed E-state index contributed by atoms with van der Waals surface area (Å²) in [4.78, 5) is 4.43. The molecule has 1 aromatic carbocycles. The molecule has 0 fully saturated rings. The minimum Gasteiger partial charge on any atom is -0.455 e. The van der Waals surface area contributed by atoms with Crippen LogP contribution in [0.5, 0.6) is 0 Å². The molecule has 4 rings (SSSR count). The molecule has 24 heavy (non-hydrogen) atoms. The van der Waals surface area contributed by atoms with Crippen molar-refractivity contribution >= 4 is 10.9 Å². The highest BCUT2D eigenvalue weighted by Crippen LogP contribution is 2.25. The Kier molecular flexibility index (Phi) is 3.70. The number of hydrogen-bond donors (Lipinski definition) is 1. The molecule has 5 nitrogen and oxygen atoms in total. The quantitative estimate of drug-likeness (QED) is 0.607. The van der Waals surface area contributed by atoms with Gasteiger partial charge in [0.2, 0.25) is 0 Å². The second kappa shape index (κ2) is 6.02. The molecule has 3 aromatic heterocycles. The molecule has 0 bridgehead atoms. The van der Waals surface area contributed by atoms with E-state index in [0.717, 1.165) is 12.4 Å². The molecule has 0 aliphatic carbocycles. The van der Waals surface area contributed by atoms with E-state index in [0.29, 0.717) is 11.5 Å². The molecule has 0 radical (unpaired) electrons. The third-order valence-electron chi connectivity index (χ3n) is 4.32. The summed E-state index contributed by atoms with van der Waals surface area (Å²) in [5.74, 6) is 2.00. The van der Waals surface area contributed by atoms with Crippen molar-refractivity contribution < 1.29 is 9.52 Å². The zero-order valence-electron chi connectivity index (χ0n) is 13.5. The molecule has 3 heterocycles. The molecule has 5 heteroatoms. The lowest BCUT2D eigenvalue weighted by atomic mass is 10.2. The fourth-order valence-electron chi connectivity index (χ4n) is 3.12. The molecule has 1 atom stereocenters. The summed E-state index contributed by atoms with van der Waals surface area (Å²) in [6.07, 6.45) is 5.86. The van der Waals surface area contributed by atoms with Gasteiger partial charge >= 0.3 is 0 Å². The first-order chi connectivity index (χ1) is 11.8. The molecule has 0 aliphatic heterocycles. The van der Waals surface area contributed by atoms with Crippen molar-refractivity contribution in [1.82, 2.24) is 14.1 Å². The van der Waals surface area contributed by atoms with Gasteiger partial charge in [0.15, 0.2) is 11.6 Å². The summed E-state index contributed by atoms with van der Waals surface area (Å²) in [6, 6.07) is 14.3. The van der Waals surface area contributed by atoms with Gasteiger partial charge in [-0.2, -0.15) is 0 Å². The van der Waals surface area contributed by atoms with Crippen molar-refractivity contribution in [1.29, 1.82) is 0 Å². The lowest BCUT2D eigenvalue weighted by molar-refractivity contribution is 0.248. The van der Waals surface area contributed by atoms with E-state index in [1.807, 2.05) is 12.3 Å². The molecule has 0 saturated heterocycles. The lowest BCUT2D eigenvalue weighted by Crippen LogP contribution is -2.12. The van der Waals surface area contributed by atoms with E-state index in [-0.39, 0.29) is 12.6 Å². The van der Waals surface area contributed by atoms with Gasteiger partial charge in [0.25, 0.3) is 0 Å². The number of para-hydroxylation sites is 1. The number of aliphatic hydroxyl groups is 1. The van der Waals surface area contributed by atoms with Gasteiger partial charge in [0, 0.05) is 30.7 Å². The second-order valence-corrected chi connectivity index (χ2v) is 5.96. The normalized spacial score (nSPS) is 12.8. The number of rotatable bonds is 5. The van der Waals surface area contributed by atoms with E-state index in [4.69, 9.17) is 4.42 Å². The highest BCUT2D eigenvalue weighted by Gasteiger charge is 2.15. The number of fused-ring (bicyclic) bond motifs is 1. The average Bonchev–Trinajstić information content (AvgIpc) is 3.34. The maximum Gasteiger partial charge on any atom is 0.176 e. The lowest BCUT2D eigenvalue weighted by Gasteiger charge is -2.17. The highest BCUT2D eigenvalue weighted by molar-refractivity contribution is 5.79. The van der Waals surface area contributed by atoms with Crippen LogP contribution in [0.4, 0.5) is 0 Å². The molecule has 1 N–H and O–H groups in total. The Hall–Kier alpha value is -2.79. The maximum atomic E-state index is 9.17. The molecule has 4 aromatic rings. The summed E-state index contributed by atoms with van der Waals surface area (Å²) in [6.45, 7) is 2.89. The van der Waals surface area contributed by atoms with E-state index in [1.165, 1.54) is 10.9 Å². The van der Waals surface area contributed by atoms with Crippen molar-refractivity contribution in [2.75, 3.05) is 0 Å². The van der Waals surface area contributed by atoms with Gasteiger partial charge in [0.1, 0.15) is 12.4 Å². The van der Waals surface area contributed by atoms with Gasteiger partial charge in [-0.3, -0.25) is 0 Å². The first-order valence-corrected chi connectivity index (χ1v) is 8.03. The van der Waals surface area contributed by atoms with Crippen LogP contribution in [0.15, 0.2) is 65.5 Å². The Morgan fingerprint density at radius 1 is 1.12 bits per heavy atom. The number of imidazole rings is 1. The van der Waals surface area contributed by atoms with E-state index < -0.39 is 0 Å². The monoisotopic (exact) mass is 321 g/mol. The maximum absolute atomic E-state index is 9.17. The minimum atomic E-state index is -0.106. The van der Waals surface area contributed by atoms with Crippen molar-refractivity contribution in [3.05, 3.63) is 66.8 Å². The molecule has 0 aliphatic rings. The Labute approximate surface area is 139 Å². The van der Waals surface area contributed by atoms with Gasteiger partial charge in [0.05, 0.1) is 6.04 Å². The summed E-state index contributed by atoms with van der Waals surface area (Å²) in [5.41, 5.74) is 1.23. The first-order valence-electron chi connectivity index (χ1n) is 8.03. The number of benzene rings is 1. The topological polar surface area (TPSA) is 56.1 Å². The Morgan fingerprint density at radius 2 is 2.00 bits per heavy atom. The largest absolute Gasteiger partial charge is 0.455 e. The molecular formula is C19H19N3O2. The van der Waals surface area contributed by atoms with E-state index in [1.54, 1.807) is 12.3 Å². The summed E-state index contributed by atoms with van der Waals surface area (Å²) >= 11 is 0. The second-order valence-electron chi connectivity index (χ2n) is 5.96. The van der Waals surface area contributed by atoms with E-state index in [9.17, 15) is 5.11 Å². The van der Waals surface area contributed by atoms with Gasteiger partial charge in [-0.25, -0.2) is 4.98 Å². The molecule has 0 saturated carbocycles. The molecule has 0 amide bonds. The Morgan fingerprint density at radius 3 is 2.83 bits per heavy atom. The standard InChI is InChI=1S/C19H19N3O2/c1-14(12-21-10-8-15-4-2-3-5-17(15)21)22-11-9-20-19(22)18-7-6-16(13-23)24-18/h2-11,14,23H,12-13H2,1H3/t14-/m1/s1. The van der Waals surface area contributed by atoms with Crippen LogP contribution in [0.25, 0.3) is 22.5 Å². The van der Waals surface area contributed by atoms with Crippen molar-refractivity contribution in [2.45, 2.75) is 26.1 Å². The van der Waals surface area contributed by atoms with Crippen LogP contribution in [-0.2, 0) is 13.2 Å². The number of furan rings is 1. The fraction of sp³-hybridized carbons (Fsp3) is 0.211. The van der Waals surface area contributed by atoms with Crippen LogP contribution in [0.2, 0.25) is 0 Å². The molecular weight excluding hydrogens is 302 g/mol. The predicted octanol–water partition coefficient (Wildman–Crippen LogP) is 3.85. The average molecular weight is 321 g/mol. The molecule has 0 unspecified atom stereocenters. The summed E-state index contributed by atoms with van der Waals surface area (Å²) in [5, 5.41) is 10.4. The zero-order chi connectivity index (χ0) is 16.5. The van der Waals surface area contributed by atoms with Gasteiger partial charge in [-0.15, -0.1) is 0 Å². The highest BCUT2D eigenvalue weighted by atomic mass is 16.4. The van der Waals surface area contributed by atoms with Crippen LogP contribution in [0.3, 0.4) is 0 Å². The minimum absolute atomic E-state index is 0.106. The summed E-state index contributed by atoms with van der Waals surface area (Å²) in [7, 11) is 0. The van der Waals surface area contributed by atoms with E-state index in [2.05, 4.69) is 57.6 Å². The van der Waals surface area contributed by atoms with E-state index >= 15 is 0 Å². The van der Waals surface area contributed by atoms with Crippen LogP contribution >= 0.6 is 0 Å². The fourth-order valence-corrected chi connectivity index (χ4v) is 3.12. The van der Waals surface area contributed by atoms with Gasteiger partial charge < -0.3 is 18.7 Å². The van der Waals surface area contributed by atoms with Crippen LogP contribution in [0, 0.1) is 0 Å². The third-order valence-corrected chi connectivity index (χ3v) is 4.32. The van der Waals surface area contributed by atoms with Gasteiger partial charge in [-0.1, -0.05) is 18.2 Å². The van der Waals surface area contributed by atoms with Crippen molar-refractivity contribution in [3.8, 4) is 11.6 Å². The van der Waals surface area contributed by atoms with Crippen LogP contribution in [-0.4, -0.2) is 19.2 Å². The molecule has 122 valence electrons. The van der Waals surface area contributed by atoms with Crippen LogP contribution in [0.1, 0.15) is 18.7 Å². The molecule has 0 spiro atoms. The number of aromatic nitrogens is 3. The number of hydrogen-bond acceptors (Lipinski definition) is 3. The Bertz CT molecular complexity index is 964. The smallest absolute Gasteiger partial charge is 0.176 e. The summed E-state index contributed by atoms with van der Waals surface area (Å²) < 4.78 is 9.99. The van der Waals surface area contributed by atoms with Gasteiger partial charge in [-0.05, 0) is 36.6 Å². The van der Waals surface area contributed by atoms with Crippen LogP contribution < -0.4 is 0 Å². The SMILES string of the molecule is C[C@H](Cn1ccc2ccccc21)n1ccnc1-c1ccc(CO)o1. The van der Waals surface area contributed by atoms with Crippen molar-refractivity contribution in [2.24, 2.45) is 0 Å². The zero-order valence-corrected chi connectivity index (χ0v) is 13.5. The Balaban J connectivity index is 1.63. The third kappa shape index (κ3) is 2.53. The first kappa shape index (κ1) is 14.8. The number of nitrogens with zero attached hydrogens (tertiary/aromatic N) is 3. The number of aliphatic hydroxyl groups excluding tert-OH is 1.